The fraction of sp³-hybridized carbons (Fsp3) is 0.471. The Balaban J connectivity index is 1.28. The van der Waals surface area contributed by atoms with Gasteiger partial charge in [-0.1, -0.05) is 18.5 Å². The molecule has 2 aromatic rings. The van der Waals surface area contributed by atoms with Gasteiger partial charge in [0.1, 0.15) is 0 Å². The molecule has 1 saturated heterocycles. The number of anilines is 1. The summed E-state index contributed by atoms with van der Waals surface area (Å²) < 4.78 is 5.77. The van der Waals surface area contributed by atoms with Gasteiger partial charge in [0.05, 0.1) is 11.6 Å². The predicted molar refractivity (Wildman–Crippen MR) is 88.8 cm³/mol. The molecule has 1 aliphatic carbocycles. The van der Waals surface area contributed by atoms with Crippen LogP contribution in [-0.4, -0.2) is 34.6 Å². The molecule has 0 aromatic carbocycles. The first-order valence-corrected chi connectivity index (χ1v) is 8.42. The topological polar surface area (TPSA) is 51.1 Å². The quantitative estimate of drug-likeness (QED) is 0.843. The Hall–Kier alpha value is -1.88. The summed E-state index contributed by atoms with van der Waals surface area (Å²) in [5.41, 5.74) is 1.18. The van der Waals surface area contributed by atoms with Crippen LogP contribution in [0, 0.1) is 17.8 Å². The van der Waals surface area contributed by atoms with Gasteiger partial charge in [0.25, 0.3) is 0 Å². The van der Waals surface area contributed by atoms with E-state index < -0.39 is 0 Å². The lowest BCUT2D eigenvalue weighted by Crippen LogP contribution is -2.27. The summed E-state index contributed by atoms with van der Waals surface area (Å²) in [4.78, 5) is 15.4. The third-order valence-electron chi connectivity index (χ3n) is 4.88. The van der Waals surface area contributed by atoms with E-state index in [-0.39, 0.29) is 0 Å². The highest BCUT2D eigenvalue weighted by Crippen LogP contribution is 2.52. The molecule has 0 spiro atoms. The monoisotopic (exact) mass is 330 g/mol. The molecule has 1 aliphatic heterocycles. The second-order valence-corrected chi connectivity index (χ2v) is 6.70. The van der Waals surface area contributed by atoms with Gasteiger partial charge in [-0.15, -0.1) is 0 Å². The molecule has 2 aliphatic rings. The Morgan fingerprint density at radius 3 is 2.48 bits per heavy atom. The van der Waals surface area contributed by atoms with Crippen LogP contribution in [0.4, 0.5) is 5.95 Å². The first-order chi connectivity index (χ1) is 11.2. The predicted octanol–water partition coefficient (Wildman–Crippen LogP) is 2.85. The van der Waals surface area contributed by atoms with Crippen molar-refractivity contribution >= 4 is 17.5 Å². The minimum absolute atomic E-state index is 0.624. The van der Waals surface area contributed by atoms with Gasteiger partial charge in [-0.05, 0) is 29.9 Å². The molecule has 0 amide bonds. The molecule has 0 radical (unpaired) electrons. The van der Waals surface area contributed by atoms with Gasteiger partial charge < -0.3 is 9.64 Å². The van der Waals surface area contributed by atoms with Crippen molar-refractivity contribution < 1.29 is 4.74 Å². The van der Waals surface area contributed by atoms with Gasteiger partial charge in [-0.25, -0.2) is 15.0 Å². The van der Waals surface area contributed by atoms with E-state index in [2.05, 4.69) is 26.8 Å². The van der Waals surface area contributed by atoms with Crippen LogP contribution in [0.1, 0.15) is 12.5 Å². The van der Waals surface area contributed by atoms with Gasteiger partial charge >= 0.3 is 0 Å². The summed E-state index contributed by atoms with van der Waals surface area (Å²) in [6.45, 7) is 4.90. The molecule has 0 N–H and O–H groups in total. The van der Waals surface area contributed by atoms with Crippen LogP contribution in [0.25, 0.3) is 0 Å². The van der Waals surface area contributed by atoms with E-state index in [0.29, 0.717) is 28.7 Å². The highest BCUT2D eigenvalue weighted by Gasteiger charge is 2.56. The number of halogens is 1. The van der Waals surface area contributed by atoms with Crippen LogP contribution in [0.15, 0.2) is 30.7 Å². The van der Waals surface area contributed by atoms with Crippen molar-refractivity contribution in [3.63, 3.8) is 0 Å². The van der Waals surface area contributed by atoms with Crippen LogP contribution >= 0.6 is 11.6 Å². The molecular formula is C17H19ClN4O. The van der Waals surface area contributed by atoms with Crippen molar-refractivity contribution in [2.45, 2.75) is 13.3 Å². The molecule has 2 aromatic heterocycles. The molecule has 1 saturated carbocycles. The standard InChI is InChI=1S/C17H19ClN4O/c1-2-11-5-20-17(21-6-11)22-8-13-14(9-22)15(13)10-23-16-4-3-12(18)7-19-16/h3-7,13-15H,2,8-10H2,1H3/t13-,14+,15?. The Morgan fingerprint density at radius 2 is 1.87 bits per heavy atom. The van der Waals surface area contributed by atoms with E-state index in [1.165, 1.54) is 5.56 Å². The normalized spacial score (nSPS) is 25.3. The average Bonchev–Trinajstić information content (AvgIpc) is 3.04. The van der Waals surface area contributed by atoms with Gasteiger partial charge in [0.15, 0.2) is 0 Å². The van der Waals surface area contributed by atoms with Crippen molar-refractivity contribution in [2.75, 3.05) is 24.6 Å². The number of aryl methyl sites for hydroxylation is 1. The van der Waals surface area contributed by atoms with Crippen LogP contribution in [0.3, 0.4) is 0 Å². The SMILES string of the molecule is CCc1cnc(N2C[C@@H]3C(COc4ccc(Cl)cn4)[C@@H]3C2)nc1. The van der Waals surface area contributed by atoms with E-state index in [1.807, 2.05) is 18.5 Å². The Bertz CT molecular complexity index is 664. The number of aromatic nitrogens is 3. The van der Waals surface area contributed by atoms with Gasteiger partial charge in [-0.2, -0.15) is 0 Å². The van der Waals surface area contributed by atoms with Crippen molar-refractivity contribution in [1.82, 2.24) is 15.0 Å². The fourth-order valence-corrected chi connectivity index (χ4v) is 3.49. The summed E-state index contributed by atoms with van der Waals surface area (Å²) in [7, 11) is 0. The molecule has 23 heavy (non-hydrogen) atoms. The number of nitrogens with zero attached hydrogens (tertiary/aromatic N) is 4. The lowest BCUT2D eigenvalue weighted by molar-refractivity contribution is 0.273. The molecule has 1 unspecified atom stereocenters. The van der Waals surface area contributed by atoms with Crippen molar-refractivity contribution in [2.24, 2.45) is 17.8 Å². The highest BCUT2D eigenvalue weighted by molar-refractivity contribution is 6.30. The zero-order chi connectivity index (χ0) is 15.8. The molecule has 5 nitrogen and oxygen atoms in total. The van der Waals surface area contributed by atoms with Crippen LogP contribution in [0.5, 0.6) is 5.88 Å². The van der Waals surface area contributed by atoms with E-state index >= 15 is 0 Å². The maximum Gasteiger partial charge on any atom is 0.225 e. The van der Waals surface area contributed by atoms with Crippen molar-refractivity contribution in [3.8, 4) is 5.88 Å². The van der Waals surface area contributed by atoms with Crippen LogP contribution in [0.2, 0.25) is 5.02 Å². The summed E-state index contributed by atoms with van der Waals surface area (Å²) in [6.07, 6.45) is 6.45. The number of hydrogen-bond acceptors (Lipinski definition) is 5. The fourth-order valence-electron chi connectivity index (χ4n) is 3.38. The Labute approximate surface area is 140 Å². The molecule has 6 heteroatoms. The van der Waals surface area contributed by atoms with Crippen LogP contribution < -0.4 is 9.64 Å². The molecular weight excluding hydrogens is 312 g/mol. The summed E-state index contributed by atoms with van der Waals surface area (Å²) in [6, 6.07) is 3.62. The van der Waals surface area contributed by atoms with Crippen molar-refractivity contribution in [1.29, 1.82) is 0 Å². The summed E-state index contributed by atoms with van der Waals surface area (Å²) >= 11 is 5.82. The number of ether oxygens (including phenoxy) is 1. The lowest BCUT2D eigenvalue weighted by Gasteiger charge is -2.19. The third-order valence-corrected chi connectivity index (χ3v) is 5.10. The van der Waals surface area contributed by atoms with Crippen molar-refractivity contribution in [3.05, 3.63) is 41.3 Å². The molecule has 2 fully saturated rings. The van der Waals surface area contributed by atoms with E-state index in [0.717, 1.165) is 32.1 Å². The molecule has 0 bridgehead atoms. The lowest BCUT2D eigenvalue weighted by atomic mass is 10.2. The number of pyridine rings is 1. The van der Waals surface area contributed by atoms with E-state index in [4.69, 9.17) is 16.3 Å². The zero-order valence-corrected chi connectivity index (χ0v) is 13.8. The maximum absolute atomic E-state index is 5.82. The first-order valence-electron chi connectivity index (χ1n) is 8.05. The Kier molecular flexibility index (Phi) is 3.81. The third kappa shape index (κ3) is 2.98. The van der Waals surface area contributed by atoms with E-state index in [1.54, 1.807) is 12.3 Å². The number of hydrogen-bond donors (Lipinski definition) is 0. The molecule has 3 atom stereocenters. The molecule has 4 rings (SSSR count). The second kappa shape index (κ2) is 5.96. The largest absolute Gasteiger partial charge is 0.477 e. The minimum Gasteiger partial charge on any atom is -0.477 e. The highest BCUT2D eigenvalue weighted by atomic mass is 35.5. The van der Waals surface area contributed by atoms with Crippen LogP contribution in [-0.2, 0) is 6.42 Å². The van der Waals surface area contributed by atoms with E-state index in [9.17, 15) is 0 Å². The van der Waals surface area contributed by atoms with Gasteiger partial charge in [0, 0.05) is 43.7 Å². The number of fused-ring (bicyclic) bond motifs is 1. The van der Waals surface area contributed by atoms with Gasteiger partial charge in [-0.3, -0.25) is 0 Å². The number of piperidine rings is 1. The zero-order valence-electron chi connectivity index (χ0n) is 13.0. The minimum atomic E-state index is 0.624. The smallest absolute Gasteiger partial charge is 0.225 e. The number of rotatable bonds is 5. The second-order valence-electron chi connectivity index (χ2n) is 6.27. The summed E-state index contributed by atoms with van der Waals surface area (Å²) in [5.74, 6) is 3.51. The molecule has 3 heterocycles. The molecule has 120 valence electrons. The first kappa shape index (κ1) is 14.7. The van der Waals surface area contributed by atoms with Gasteiger partial charge in [0.2, 0.25) is 11.8 Å². The maximum atomic E-state index is 5.82. The Morgan fingerprint density at radius 1 is 1.13 bits per heavy atom. The average molecular weight is 331 g/mol. The summed E-state index contributed by atoms with van der Waals surface area (Å²) in [5, 5.41) is 0.630.